The van der Waals surface area contributed by atoms with E-state index in [4.69, 9.17) is 11.0 Å². The standard InChI is InChI=1S/C12H14N4O/c13-8-9-7-10(14)3-4-11(9)15-12(17)16-5-1-2-6-16/h3-4,7H,1-2,5-6,14H2,(H,15,17). The summed E-state index contributed by atoms with van der Waals surface area (Å²) in [4.78, 5) is 13.6. The number of hydrogen-bond acceptors (Lipinski definition) is 3. The van der Waals surface area contributed by atoms with Crippen LogP contribution in [0.25, 0.3) is 0 Å². The smallest absolute Gasteiger partial charge is 0.321 e. The molecule has 0 aliphatic carbocycles. The molecule has 1 heterocycles. The minimum absolute atomic E-state index is 0.149. The summed E-state index contributed by atoms with van der Waals surface area (Å²) in [5.41, 5.74) is 7.00. The highest BCUT2D eigenvalue weighted by atomic mass is 16.2. The van der Waals surface area contributed by atoms with Gasteiger partial charge >= 0.3 is 6.03 Å². The number of likely N-dealkylation sites (tertiary alicyclic amines) is 1. The first-order valence-electron chi connectivity index (χ1n) is 5.56. The number of nitrogen functional groups attached to an aromatic ring is 1. The highest BCUT2D eigenvalue weighted by Crippen LogP contribution is 2.19. The largest absolute Gasteiger partial charge is 0.399 e. The van der Waals surface area contributed by atoms with E-state index in [1.807, 2.05) is 6.07 Å². The lowest BCUT2D eigenvalue weighted by Gasteiger charge is -2.16. The first-order chi connectivity index (χ1) is 8.20. The average Bonchev–Trinajstić information content (AvgIpc) is 2.85. The molecule has 0 unspecified atom stereocenters. The van der Waals surface area contributed by atoms with Crippen molar-refractivity contribution in [3.05, 3.63) is 23.8 Å². The van der Waals surface area contributed by atoms with Gasteiger partial charge in [-0.15, -0.1) is 0 Å². The number of anilines is 2. The van der Waals surface area contributed by atoms with Gasteiger partial charge in [-0.1, -0.05) is 0 Å². The van der Waals surface area contributed by atoms with Crippen molar-refractivity contribution in [2.45, 2.75) is 12.8 Å². The normalized spacial score (nSPS) is 14.4. The molecule has 0 aromatic heterocycles. The Morgan fingerprint density at radius 3 is 2.76 bits per heavy atom. The van der Waals surface area contributed by atoms with Gasteiger partial charge in [0.15, 0.2) is 0 Å². The quantitative estimate of drug-likeness (QED) is 0.721. The number of rotatable bonds is 1. The molecule has 1 aromatic rings. The predicted molar refractivity (Wildman–Crippen MR) is 65.4 cm³/mol. The molecule has 1 saturated heterocycles. The number of nitriles is 1. The van der Waals surface area contributed by atoms with E-state index in [1.54, 1.807) is 23.1 Å². The fourth-order valence-corrected chi connectivity index (χ4v) is 1.88. The zero-order valence-corrected chi connectivity index (χ0v) is 9.44. The monoisotopic (exact) mass is 230 g/mol. The number of nitrogens with one attached hydrogen (secondary N) is 1. The van der Waals surface area contributed by atoms with E-state index in [2.05, 4.69) is 5.32 Å². The summed E-state index contributed by atoms with van der Waals surface area (Å²) in [7, 11) is 0. The van der Waals surface area contributed by atoms with Gasteiger partial charge in [0.2, 0.25) is 0 Å². The Morgan fingerprint density at radius 2 is 2.12 bits per heavy atom. The molecule has 88 valence electrons. The summed E-state index contributed by atoms with van der Waals surface area (Å²) in [5.74, 6) is 0. The van der Waals surface area contributed by atoms with Crippen molar-refractivity contribution >= 4 is 17.4 Å². The van der Waals surface area contributed by atoms with Crippen LogP contribution in [0.4, 0.5) is 16.2 Å². The number of carbonyl (C=O) groups is 1. The third-order valence-electron chi connectivity index (χ3n) is 2.80. The molecular weight excluding hydrogens is 216 g/mol. The highest BCUT2D eigenvalue weighted by molar-refractivity contribution is 5.91. The van der Waals surface area contributed by atoms with Crippen LogP contribution in [0.3, 0.4) is 0 Å². The molecule has 1 aliphatic heterocycles. The van der Waals surface area contributed by atoms with Crippen LogP contribution in [0, 0.1) is 11.3 Å². The van der Waals surface area contributed by atoms with Crippen molar-refractivity contribution in [3.8, 4) is 6.07 Å². The predicted octanol–water partition coefficient (Wildman–Crippen LogP) is 1.77. The van der Waals surface area contributed by atoms with Crippen LogP contribution in [0.5, 0.6) is 0 Å². The van der Waals surface area contributed by atoms with E-state index in [9.17, 15) is 4.79 Å². The van der Waals surface area contributed by atoms with E-state index in [1.165, 1.54) is 0 Å². The summed E-state index contributed by atoms with van der Waals surface area (Å²) in [6.07, 6.45) is 2.08. The van der Waals surface area contributed by atoms with Crippen molar-refractivity contribution in [1.82, 2.24) is 4.90 Å². The third kappa shape index (κ3) is 2.48. The van der Waals surface area contributed by atoms with E-state index in [-0.39, 0.29) is 6.03 Å². The summed E-state index contributed by atoms with van der Waals surface area (Å²) in [6.45, 7) is 1.56. The van der Waals surface area contributed by atoms with Gasteiger partial charge < -0.3 is 16.0 Å². The first kappa shape index (κ1) is 11.3. The summed E-state index contributed by atoms with van der Waals surface area (Å²) in [6, 6.07) is 6.75. The lowest BCUT2D eigenvalue weighted by molar-refractivity contribution is 0.222. The molecule has 1 fully saturated rings. The lowest BCUT2D eigenvalue weighted by Crippen LogP contribution is -2.32. The van der Waals surface area contributed by atoms with Crippen LogP contribution >= 0.6 is 0 Å². The molecule has 2 rings (SSSR count). The Kier molecular flexibility index (Phi) is 3.15. The number of nitrogens with two attached hydrogens (primary N) is 1. The molecule has 0 bridgehead atoms. The van der Waals surface area contributed by atoms with Gasteiger partial charge in [0.25, 0.3) is 0 Å². The summed E-state index contributed by atoms with van der Waals surface area (Å²) < 4.78 is 0. The SMILES string of the molecule is N#Cc1cc(N)ccc1NC(=O)N1CCCC1. The van der Waals surface area contributed by atoms with Crippen LogP contribution in [-0.2, 0) is 0 Å². The zero-order chi connectivity index (χ0) is 12.3. The van der Waals surface area contributed by atoms with Gasteiger partial charge in [-0.25, -0.2) is 4.79 Å². The van der Waals surface area contributed by atoms with Gasteiger partial charge in [-0.3, -0.25) is 0 Å². The van der Waals surface area contributed by atoms with Crippen LogP contribution < -0.4 is 11.1 Å². The van der Waals surface area contributed by atoms with Gasteiger partial charge in [0.05, 0.1) is 11.3 Å². The second-order valence-electron chi connectivity index (χ2n) is 4.04. The summed E-state index contributed by atoms with van der Waals surface area (Å²) in [5, 5.41) is 11.7. The van der Waals surface area contributed by atoms with E-state index in [0.717, 1.165) is 25.9 Å². The molecule has 1 aromatic carbocycles. The molecule has 0 radical (unpaired) electrons. The Bertz CT molecular complexity index is 472. The topological polar surface area (TPSA) is 82.1 Å². The lowest BCUT2D eigenvalue weighted by atomic mass is 10.2. The summed E-state index contributed by atoms with van der Waals surface area (Å²) >= 11 is 0. The number of nitrogens with zero attached hydrogens (tertiary/aromatic N) is 2. The van der Waals surface area contributed by atoms with E-state index >= 15 is 0 Å². The number of carbonyl (C=O) groups excluding carboxylic acids is 1. The molecule has 2 amide bonds. The molecule has 5 heteroatoms. The van der Waals surface area contributed by atoms with E-state index < -0.39 is 0 Å². The van der Waals surface area contributed by atoms with Crippen LogP contribution in [-0.4, -0.2) is 24.0 Å². The minimum Gasteiger partial charge on any atom is -0.399 e. The van der Waals surface area contributed by atoms with E-state index in [0.29, 0.717) is 16.9 Å². The molecule has 17 heavy (non-hydrogen) atoms. The maximum atomic E-state index is 11.8. The van der Waals surface area contributed by atoms with Crippen LogP contribution in [0.1, 0.15) is 18.4 Å². The third-order valence-corrected chi connectivity index (χ3v) is 2.80. The molecule has 3 N–H and O–H groups in total. The molecule has 1 aliphatic rings. The second kappa shape index (κ2) is 4.74. The van der Waals surface area contributed by atoms with Gasteiger partial charge in [0.1, 0.15) is 6.07 Å². The molecule has 5 nitrogen and oxygen atoms in total. The number of hydrogen-bond donors (Lipinski definition) is 2. The maximum absolute atomic E-state index is 11.8. The number of amides is 2. The fourth-order valence-electron chi connectivity index (χ4n) is 1.88. The van der Waals surface area contributed by atoms with Crippen molar-refractivity contribution < 1.29 is 4.79 Å². The minimum atomic E-state index is -0.149. The van der Waals surface area contributed by atoms with Crippen molar-refractivity contribution in [2.24, 2.45) is 0 Å². The van der Waals surface area contributed by atoms with Crippen molar-refractivity contribution in [1.29, 1.82) is 5.26 Å². The molecular formula is C12H14N4O. The van der Waals surface area contributed by atoms with Crippen LogP contribution in [0.2, 0.25) is 0 Å². The van der Waals surface area contributed by atoms with Crippen LogP contribution in [0.15, 0.2) is 18.2 Å². The Hall–Kier alpha value is -2.22. The Labute approximate surface area is 99.8 Å². The van der Waals surface area contributed by atoms with Gasteiger partial charge in [0, 0.05) is 18.8 Å². The van der Waals surface area contributed by atoms with Crippen molar-refractivity contribution in [2.75, 3.05) is 24.1 Å². The molecule has 0 spiro atoms. The molecule has 0 atom stereocenters. The highest BCUT2D eigenvalue weighted by Gasteiger charge is 2.18. The van der Waals surface area contributed by atoms with Crippen molar-refractivity contribution in [3.63, 3.8) is 0 Å². The number of urea groups is 1. The van der Waals surface area contributed by atoms with Gasteiger partial charge in [-0.05, 0) is 31.0 Å². The first-order valence-corrected chi connectivity index (χ1v) is 5.56. The van der Waals surface area contributed by atoms with Gasteiger partial charge in [-0.2, -0.15) is 5.26 Å². The maximum Gasteiger partial charge on any atom is 0.321 e. The average molecular weight is 230 g/mol. The molecule has 0 saturated carbocycles. The second-order valence-corrected chi connectivity index (χ2v) is 4.04. The fraction of sp³-hybridized carbons (Fsp3) is 0.333. The Balaban J connectivity index is 2.13. The Morgan fingerprint density at radius 1 is 1.41 bits per heavy atom. The zero-order valence-electron chi connectivity index (χ0n) is 9.44. The number of benzene rings is 1.